The van der Waals surface area contributed by atoms with Gasteiger partial charge in [0.05, 0.1) is 18.4 Å². The second kappa shape index (κ2) is 8.95. The van der Waals surface area contributed by atoms with E-state index in [1.54, 1.807) is 7.11 Å². The summed E-state index contributed by atoms with van der Waals surface area (Å²) in [6, 6.07) is 21.1. The van der Waals surface area contributed by atoms with Gasteiger partial charge in [0.15, 0.2) is 0 Å². The summed E-state index contributed by atoms with van der Waals surface area (Å²) in [5, 5.41) is 1.85. The van der Waals surface area contributed by atoms with Crippen LogP contribution in [0.2, 0.25) is 0 Å². The van der Waals surface area contributed by atoms with Crippen molar-refractivity contribution in [2.75, 3.05) is 39.2 Å². The summed E-state index contributed by atoms with van der Waals surface area (Å²) in [6.07, 6.45) is 1.87. The molecule has 6 nitrogen and oxygen atoms in total. The van der Waals surface area contributed by atoms with Crippen LogP contribution >= 0.6 is 0 Å². The Morgan fingerprint density at radius 1 is 0.882 bits per heavy atom. The van der Waals surface area contributed by atoms with Gasteiger partial charge in [-0.1, -0.05) is 54.6 Å². The lowest BCUT2D eigenvalue weighted by Crippen LogP contribution is -2.43. The number of imide groups is 1. The predicted octanol–water partition coefficient (Wildman–Crippen LogP) is 4.16. The van der Waals surface area contributed by atoms with E-state index in [9.17, 15) is 9.59 Å². The molecule has 5 rings (SSSR count). The van der Waals surface area contributed by atoms with Crippen molar-refractivity contribution in [3.63, 3.8) is 0 Å². The molecule has 0 N–H and O–H groups in total. The molecular formula is C28H29N3O3. The summed E-state index contributed by atoms with van der Waals surface area (Å²) in [7, 11) is 5.64. The zero-order valence-corrected chi connectivity index (χ0v) is 19.8. The Bertz CT molecular complexity index is 1290. The number of ether oxygens (including phenoxy) is 1. The van der Waals surface area contributed by atoms with Crippen molar-refractivity contribution in [3.05, 3.63) is 78.0 Å². The standard InChI is InChI=1S/C28H29N3O3/c1-29-17-15-20(16-18-29)30(2)26-25(22-12-6-7-14-24(22)34-3)27(32)31(28(26)33)23-13-8-10-19-9-4-5-11-21(19)23/h4-14,20H,15-18H2,1-3H3. The lowest BCUT2D eigenvalue weighted by Gasteiger charge is -2.36. The first kappa shape index (κ1) is 22.2. The van der Waals surface area contributed by atoms with E-state index in [1.165, 1.54) is 4.90 Å². The summed E-state index contributed by atoms with van der Waals surface area (Å²) < 4.78 is 5.60. The molecule has 2 amide bonds. The zero-order valence-electron chi connectivity index (χ0n) is 19.8. The smallest absolute Gasteiger partial charge is 0.282 e. The second-order valence-corrected chi connectivity index (χ2v) is 9.01. The number of amides is 2. The number of para-hydroxylation sites is 1. The van der Waals surface area contributed by atoms with Crippen molar-refractivity contribution >= 4 is 33.8 Å². The second-order valence-electron chi connectivity index (χ2n) is 9.01. The third-order valence-corrected chi connectivity index (χ3v) is 7.03. The first-order valence-corrected chi connectivity index (χ1v) is 11.7. The van der Waals surface area contributed by atoms with Gasteiger partial charge in [-0.05, 0) is 50.5 Å². The quantitative estimate of drug-likeness (QED) is 0.541. The number of hydrogen-bond acceptors (Lipinski definition) is 5. The van der Waals surface area contributed by atoms with Gasteiger partial charge >= 0.3 is 0 Å². The average Bonchev–Trinajstić information content (AvgIpc) is 3.13. The molecule has 3 aromatic rings. The fourth-order valence-corrected chi connectivity index (χ4v) is 5.13. The van der Waals surface area contributed by atoms with Gasteiger partial charge in [0.1, 0.15) is 11.4 Å². The van der Waals surface area contributed by atoms with Crippen LogP contribution in [0.5, 0.6) is 5.75 Å². The minimum Gasteiger partial charge on any atom is -0.496 e. The molecule has 1 fully saturated rings. The van der Waals surface area contributed by atoms with Crippen molar-refractivity contribution in [1.29, 1.82) is 0 Å². The number of likely N-dealkylation sites (N-methyl/N-ethyl adjacent to an activating group) is 1. The normalized spacial score (nSPS) is 17.7. The van der Waals surface area contributed by atoms with Crippen molar-refractivity contribution in [1.82, 2.24) is 9.80 Å². The Hall–Kier alpha value is -3.64. The molecule has 0 aromatic heterocycles. The van der Waals surface area contributed by atoms with Crippen LogP contribution in [0.25, 0.3) is 16.3 Å². The van der Waals surface area contributed by atoms with Gasteiger partial charge in [-0.15, -0.1) is 0 Å². The van der Waals surface area contributed by atoms with Gasteiger partial charge in [-0.25, -0.2) is 4.90 Å². The molecule has 0 unspecified atom stereocenters. The maximum atomic E-state index is 14.0. The van der Waals surface area contributed by atoms with Crippen LogP contribution in [0.15, 0.2) is 72.4 Å². The minimum atomic E-state index is -0.319. The highest BCUT2D eigenvalue weighted by Crippen LogP contribution is 2.40. The van der Waals surface area contributed by atoms with E-state index >= 15 is 0 Å². The van der Waals surface area contributed by atoms with E-state index in [-0.39, 0.29) is 17.9 Å². The lowest BCUT2D eigenvalue weighted by atomic mass is 9.99. The summed E-state index contributed by atoms with van der Waals surface area (Å²) in [4.78, 5) is 33.7. The molecule has 2 aliphatic rings. The molecule has 0 saturated carbocycles. The molecule has 0 spiro atoms. The van der Waals surface area contributed by atoms with Crippen LogP contribution in [-0.2, 0) is 9.59 Å². The number of hydrogen-bond donors (Lipinski definition) is 0. The Morgan fingerprint density at radius 2 is 1.56 bits per heavy atom. The number of carbonyl (C=O) groups excluding carboxylic acids is 2. The van der Waals surface area contributed by atoms with E-state index in [0.717, 1.165) is 36.7 Å². The van der Waals surface area contributed by atoms with Gasteiger partial charge < -0.3 is 14.5 Å². The van der Waals surface area contributed by atoms with E-state index in [4.69, 9.17) is 4.74 Å². The van der Waals surface area contributed by atoms with Gasteiger partial charge in [-0.2, -0.15) is 0 Å². The van der Waals surface area contributed by atoms with Crippen LogP contribution in [0.3, 0.4) is 0 Å². The van der Waals surface area contributed by atoms with Crippen LogP contribution in [0, 0.1) is 0 Å². The van der Waals surface area contributed by atoms with Crippen molar-refractivity contribution in [3.8, 4) is 5.75 Å². The monoisotopic (exact) mass is 455 g/mol. The van der Waals surface area contributed by atoms with Crippen LogP contribution in [0.1, 0.15) is 18.4 Å². The number of likely N-dealkylation sites (tertiary alicyclic amines) is 1. The van der Waals surface area contributed by atoms with E-state index in [0.29, 0.717) is 28.3 Å². The summed E-state index contributed by atoms with van der Waals surface area (Å²) in [5.41, 5.74) is 2.09. The molecule has 0 atom stereocenters. The average molecular weight is 456 g/mol. The Labute approximate surface area is 200 Å². The molecule has 3 aromatic carbocycles. The van der Waals surface area contributed by atoms with Crippen LogP contribution in [-0.4, -0.2) is 62.0 Å². The fourth-order valence-electron chi connectivity index (χ4n) is 5.13. The van der Waals surface area contributed by atoms with Crippen molar-refractivity contribution in [2.24, 2.45) is 0 Å². The number of piperidine rings is 1. The number of nitrogens with zero attached hydrogens (tertiary/aromatic N) is 3. The van der Waals surface area contributed by atoms with E-state index < -0.39 is 0 Å². The lowest BCUT2D eigenvalue weighted by molar-refractivity contribution is -0.120. The molecule has 0 bridgehead atoms. The molecule has 174 valence electrons. The highest BCUT2D eigenvalue weighted by atomic mass is 16.5. The topological polar surface area (TPSA) is 53.1 Å². The molecular weight excluding hydrogens is 426 g/mol. The minimum absolute atomic E-state index is 0.181. The molecule has 0 aliphatic carbocycles. The van der Waals surface area contributed by atoms with Gasteiger partial charge in [0.25, 0.3) is 11.8 Å². The zero-order chi connectivity index (χ0) is 23.8. The molecule has 2 aliphatic heterocycles. The number of methoxy groups -OCH3 is 1. The van der Waals surface area contributed by atoms with Gasteiger partial charge in [0.2, 0.25) is 0 Å². The fraction of sp³-hybridized carbons (Fsp3) is 0.286. The predicted molar refractivity (Wildman–Crippen MR) is 135 cm³/mol. The molecule has 0 radical (unpaired) electrons. The van der Waals surface area contributed by atoms with E-state index in [2.05, 4.69) is 11.9 Å². The third-order valence-electron chi connectivity index (χ3n) is 7.03. The molecule has 1 saturated heterocycles. The van der Waals surface area contributed by atoms with Crippen molar-refractivity contribution in [2.45, 2.75) is 18.9 Å². The summed E-state index contributed by atoms with van der Waals surface area (Å²) in [6.45, 7) is 1.92. The number of fused-ring (bicyclic) bond motifs is 1. The molecule has 2 heterocycles. The molecule has 6 heteroatoms. The molecule has 34 heavy (non-hydrogen) atoms. The Balaban J connectivity index is 1.66. The first-order valence-electron chi connectivity index (χ1n) is 11.7. The highest BCUT2D eigenvalue weighted by molar-refractivity contribution is 6.46. The first-order chi connectivity index (χ1) is 16.5. The maximum absolute atomic E-state index is 14.0. The Morgan fingerprint density at radius 3 is 2.32 bits per heavy atom. The summed E-state index contributed by atoms with van der Waals surface area (Å²) >= 11 is 0. The van der Waals surface area contributed by atoms with Crippen LogP contribution in [0.4, 0.5) is 5.69 Å². The number of rotatable bonds is 5. The summed E-state index contributed by atoms with van der Waals surface area (Å²) in [5.74, 6) is -0.0305. The maximum Gasteiger partial charge on any atom is 0.282 e. The largest absolute Gasteiger partial charge is 0.496 e. The highest BCUT2D eigenvalue weighted by Gasteiger charge is 2.44. The third kappa shape index (κ3) is 3.64. The Kier molecular flexibility index (Phi) is 5.84. The van der Waals surface area contributed by atoms with Gasteiger partial charge in [0, 0.05) is 24.0 Å². The van der Waals surface area contributed by atoms with Gasteiger partial charge in [-0.3, -0.25) is 9.59 Å². The number of benzene rings is 3. The SMILES string of the molecule is COc1ccccc1C1=C(N(C)C2CCN(C)CC2)C(=O)N(c2cccc3ccccc23)C1=O. The van der Waals surface area contributed by atoms with E-state index in [1.807, 2.05) is 78.7 Å². The number of anilines is 1. The van der Waals surface area contributed by atoms with Crippen LogP contribution < -0.4 is 9.64 Å². The number of carbonyl (C=O) groups is 2. The van der Waals surface area contributed by atoms with Crippen molar-refractivity contribution < 1.29 is 14.3 Å².